The number of anilines is 4. The smallest absolute Gasteiger partial charge is 0.323 e. The Labute approximate surface area is 207 Å². The molecule has 1 aliphatic rings. The number of hydrogen-bond acceptors (Lipinski definition) is 5. The summed E-state index contributed by atoms with van der Waals surface area (Å²) in [5, 5.41) is 7.97. The van der Waals surface area contributed by atoms with Crippen LogP contribution in [0.25, 0.3) is 0 Å². The minimum atomic E-state index is -0.928. The molecule has 11 heteroatoms. The van der Waals surface area contributed by atoms with Gasteiger partial charge in [-0.15, -0.1) is 0 Å². The molecule has 0 radical (unpaired) electrons. The van der Waals surface area contributed by atoms with Crippen molar-refractivity contribution in [1.82, 2.24) is 9.88 Å². The molecular formula is C25H26F2N6O3. The summed E-state index contributed by atoms with van der Waals surface area (Å²) in [6, 6.07) is 12.6. The lowest BCUT2D eigenvalue weighted by Gasteiger charge is -2.36. The zero-order valence-corrected chi connectivity index (χ0v) is 19.8. The van der Waals surface area contributed by atoms with Gasteiger partial charge in [0.25, 0.3) is 0 Å². The molecule has 4 rings (SSSR count). The maximum Gasteiger partial charge on any atom is 0.323 e. The molecule has 3 aromatic rings. The fourth-order valence-corrected chi connectivity index (χ4v) is 3.92. The van der Waals surface area contributed by atoms with Crippen LogP contribution in [0.3, 0.4) is 0 Å². The van der Waals surface area contributed by atoms with E-state index in [2.05, 4.69) is 25.8 Å². The summed E-state index contributed by atoms with van der Waals surface area (Å²) < 4.78 is 32.1. The first-order valence-electron chi connectivity index (χ1n) is 11.3. The number of ether oxygens (including phenoxy) is 1. The van der Waals surface area contributed by atoms with Crippen LogP contribution >= 0.6 is 0 Å². The average molecular weight is 497 g/mol. The Balaban J connectivity index is 1.28. The lowest BCUT2D eigenvalue weighted by atomic mass is 10.2. The molecule has 188 valence electrons. The summed E-state index contributed by atoms with van der Waals surface area (Å²) in [6.07, 6.45) is 0.845. The lowest BCUT2D eigenvalue weighted by molar-refractivity contribution is 0.208. The van der Waals surface area contributed by atoms with Gasteiger partial charge in [0.15, 0.2) is 11.6 Å². The van der Waals surface area contributed by atoms with E-state index in [1.54, 1.807) is 30.2 Å². The molecule has 1 fully saturated rings. The van der Waals surface area contributed by atoms with E-state index in [0.29, 0.717) is 49.4 Å². The van der Waals surface area contributed by atoms with Crippen molar-refractivity contribution in [3.05, 3.63) is 71.9 Å². The van der Waals surface area contributed by atoms with Gasteiger partial charge in [-0.25, -0.2) is 23.4 Å². The Morgan fingerprint density at radius 2 is 1.69 bits per heavy atom. The highest BCUT2D eigenvalue weighted by Gasteiger charge is 2.22. The minimum Gasteiger partial charge on any atom is -0.494 e. The largest absolute Gasteiger partial charge is 0.494 e. The normalized spacial score (nSPS) is 13.2. The van der Waals surface area contributed by atoms with Crippen LogP contribution in [0.1, 0.15) is 5.56 Å². The first-order valence-corrected chi connectivity index (χ1v) is 11.3. The Kier molecular flexibility index (Phi) is 7.47. The lowest BCUT2D eigenvalue weighted by Crippen LogP contribution is -2.50. The van der Waals surface area contributed by atoms with E-state index in [-0.39, 0.29) is 5.82 Å². The number of carbonyl (C=O) groups is 2. The number of carbonyl (C=O) groups excluding carboxylic acids is 2. The highest BCUT2D eigenvalue weighted by Crippen LogP contribution is 2.28. The van der Waals surface area contributed by atoms with Gasteiger partial charge in [0.1, 0.15) is 11.6 Å². The average Bonchev–Trinajstić information content (AvgIpc) is 2.86. The number of para-hydroxylation sites is 1. The van der Waals surface area contributed by atoms with Crippen molar-refractivity contribution in [2.45, 2.75) is 6.92 Å². The van der Waals surface area contributed by atoms with Gasteiger partial charge in [0.2, 0.25) is 0 Å². The molecule has 0 saturated carbocycles. The van der Waals surface area contributed by atoms with Crippen molar-refractivity contribution in [2.75, 3.05) is 54.1 Å². The number of nitrogens with one attached hydrogen (secondary N) is 3. The highest BCUT2D eigenvalue weighted by molar-refractivity contribution is 6.00. The molecular weight excluding hydrogens is 470 g/mol. The number of aryl methyl sites for hydroxylation is 1. The summed E-state index contributed by atoms with van der Waals surface area (Å²) in [5.74, 6) is -1.44. The first-order chi connectivity index (χ1) is 17.3. The zero-order valence-electron chi connectivity index (χ0n) is 19.8. The maximum atomic E-state index is 13.8. The zero-order chi connectivity index (χ0) is 25.7. The standard InChI is InChI=1S/C25H26F2N6O3/c1-16-4-3-5-21(22(16)36-2)30-24(34)29-18-6-8-19(9-7-18)32-10-12-33(13-11-32)25(35)31-23-20(27)14-17(26)15-28-23/h3-9,14-15H,10-13H2,1-2H3,(H,28,31,35)(H2,29,30,34). The quantitative estimate of drug-likeness (QED) is 0.477. The van der Waals surface area contributed by atoms with Crippen LogP contribution in [0, 0.1) is 18.6 Å². The van der Waals surface area contributed by atoms with Crippen LogP contribution in [0.5, 0.6) is 5.75 Å². The third-order valence-corrected chi connectivity index (χ3v) is 5.75. The van der Waals surface area contributed by atoms with Crippen molar-refractivity contribution >= 4 is 34.9 Å². The highest BCUT2D eigenvalue weighted by atomic mass is 19.1. The SMILES string of the molecule is COc1c(C)cccc1NC(=O)Nc1ccc(N2CCN(C(=O)Nc3ncc(F)cc3F)CC2)cc1. The van der Waals surface area contributed by atoms with E-state index >= 15 is 0 Å². The van der Waals surface area contributed by atoms with Crippen molar-refractivity contribution in [1.29, 1.82) is 0 Å². The van der Waals surface area contributed by atoms with E-state index in [9.17, 15) is 18.4 Å². The van der Waals surface area contributed by atoms with Crippen LogP contribution < -0.4 is 25.6 Å². The summed E-state index contributed by atoms with van der Waals surface area (Å²) in [5.41, 5.74) is 3.05. The predicted octanol–water partition coefficient (Wildman–Crippen LogP) is 4.67. The summed E-state index contributed by atoms with van der Waals surface area (Å²) in [7, 11) is 1.55. The molecule has 3 N–H and O–H groups in total. The number of rotatable bonds is 5. The molecule has 1 aliphatic heterocycles. The monoisotopic (exact) mass is 496 g/mol. The van der Waals surface area contributed by atoms with Gasteiger partial charge in [0.05, 0.1) is 19.0 Å². The molecule has 36 heavy (non-hydrogen) atoms. The molecule has 4 amide bonds. The van der Waals surface area contributed by atoms with Crippen LogP contribution in [-0.4, -0.2) is 55.2 Å². The first kappa shape index (κ1) is 24.7. The number of benzene rings is 2. The van der Waals surface area contributed by atoms with Gasteiger partial charge in [-0.3, -0.25) is 5.32 Å². The van der Waals surface area contributed by atoms with Gasteiger partial charge in [0, 0.05) is 43.6 Å². The number of urea groups is 2. The van der Waals surface area contributed by atoms with Gasteiger partial charge in [-0.2, -0.15) is 0 Å². The number of hydrogen-bond donors (Lipinski definition) is 3. The molecule has 9 nitrogen and oxygen atoms in total. The van der Waals surface area contributed by atoms with Gasteiger partial charge >= 0.3 is 12.1 Å². The van der Waals surface area contributed by atoms with Crippen LogP contribution in [0.4, 0.5) is 41.2 Å². The van der Waals surface area contributed by atoms with E-state index in [0.717, 1.165) is 17.4 Å². The fraction of sp³-hybridized carbons (Fsp3) is 0.240. The fourth-order valence-electron chi connectivity index (χ4n) is 3.92. The van der Waals surface area contributed by atoms with Crippen molar-refractivity contribution < 1.29 is 23.1 Å². The van der Waals surface area contributed by atoms with Gasteiger partial charge in [-0.1, -0.05) is 12.1 Å². The molecule has 2 aromatic carbocycles. The predicted molar refractivity (Wildman–Crippen MR) is 134 cm³/mol. The Morgan fingerprint density at radius 1 is 0.972 bits per heavy atom. The summed E-state index contributed by atoms with van der Waals surface area (Å²) >= 11 is 0. The third kappa shape index (κ3) is 5.80. The second-order valence-corrected chi connectivity index (χ2v) is 8.17. The second-order valence-electron chi connectivity index (χ2n) is 8.17. The molecule has 0 atom stereocenters. The molecule has 0 spiro atoms. The number of aromatic nitrogens is 1. The third-order valence-electron chi connectivity index (χ3n) is 5.75. The van der Waals surface area contributed by atoms with Gasteiger partial charge in [-0.05, 0) is 42.8 Å². The molecule has 0 bridgehead atoms. The van der Waals surface area contributed by atoms with E-state index in [1.165, 1.54) is 0 Å². The van der Waals surface area contributed by atoms with Crippen LogP contribution in [0.2, 0.25) is 0 Å². The Hall–Kier alpha value is -4.41. The van der Waals surface area contributed by atoms with E-state index in [1.807, 2.05) is 31.2 Å². The minimum absolute atomic E-state index is 0.309. The number of piperazine rings is 1. The van der Waals surface area contributed by atoms with Gasteiger partial charge < -0.3 is 25.2 Å². The van der Waals surface area contributed by atoms with Crippen LogP contribution in [-0.2, 0) is 0 Å². The Bertz CT molecular complexity index is 1250. The molecule has 0 unspecified atom stereocenters. The number of nitrogens with zero attached hydrogens (tertiary/aromatic N) is 3. The van der Waals surface area contributed by atoms with Crippen molar-refractivity contribution in [3.63, 3.8) is 0 Å². The number of amides is 4. The number of pyridine rings is 1. The Morgan fingerprint density at radius 3 is 2.36 bits per heavy atom. The summed E-state index contributed by atoms with van der Waals surface area (Å²) in [6.45, 7) is 3.85. The molecule has 2 heterocycles. The molecule has 0 aliphatic carbocycles. The van der Waals surface area contributed by atoms with Crippen LogP contribution in [0.15, 0.2) is 54.7 Å². The molecule has 1 aromatic heterocycles. The van der Waals surface area contributed by atoms with Crippen molar-refractivity contribution in [3.8, 4) is 5.75 Å². The second kappa shape index (κ2) is 10.9. The summed E-state index contributed by atoms with van der Waals surface area (Å²) in [4.78, 5) is 32.1. The topological polar surface area (TPSA) is 98.8 Å². The number of halogens is 2. The maximum absolute atomic E-state index is 13.8. The van der Waals surface area contributed by atoms with E-state index in [4.69, 9.17) is 4.74 Å². The number of methoxy groups -OCH3 is 1. The van der Waals surface area contributed by atoms with Crippen molar-refractivity contribution in [2.24, 2.45) is 0 Å². The molecule has 1 saturated heterocycles. The van der Waals surface area contributed by atoms with E-state index < -0.39 is 23.7 Å².